The van der Waals surface area contributed by atoms with Gasteiger partial charge in [0.05, 0.1) is 25.9 Å². The zero-order chi connectivity index (χ0) is 24.5. The van der Waals surface area contributed by atoms with Gasteiger partial charge in [0.15, 0.2) is 11.5 Å². The van der Waals surface area contributed by atoms with Gasteiger partial charge in [-0.2, -0.15) is 0 Å². The molecule has 3 N–H and O–H groups in total. The zero-order valence-electron chi connectivity index (χ0n) is 20.0. The van der Waals surface area contributed by atoms with E-state index in [1.165, 1.54) is 25.3 Å². The first-order valence-electron chi connectivity index (χ1n) is 10.7. The van der Waals surface area contributed by atoms with E-state index < -0.39 is 30.4 Å². The molecule has 9 heteroatoms. The molecule has 0 heterocycles. The monoisotopic (exact) mass is 484 g/mol. The Bertz CT molecular complexity index is 961. The third-order valence-electron chi connectivity index (χ3n) is 5.03. The van der Waals surface area contributed by atoms with Gasteiger partial charge < -0.3 is 34.7 Å². The summed E-state index contributed by atoms with van der Waals surface area (Å²) < 4.78 is 25.0. The number of carbonyl (C=O) groups is 1. The molecule has 0 aliphatic carbocycles. The number of aliphatic carboxylic acids is 1. The third kappa shape index (κ3) is 8.37. The maximum atomic E-state index is 13.6. The summed E-state index contributed by atoms with van der Waals surface area (Å²) in [4.78, 5) is 10.7. The van der Waals surface area contributed by atoms with E-state index in [-0.39, 0.29) is 55.1 Å². The Labute approximate surface area is 221 Å². The second-order valence-corrected chi connectivity index (χ2v) is 7.91. The van der Waals surface area contributed by atoms with Gasteiger partial charge in [0.25, 0.3) is 0 Å². The van der Waals surface area contributed by atoms with Gasteiger partial charge in [0.2, 0.25) is 0 Å². The molecule has 0 aliphatic heterocycles. The molecule has 2 atom stereocenters. The van der Waals surface area contributed by atoms with Gasteiger partial charge >= 0.3 is 29.6 Å². The first kappa shape index (κ1) is 30.1. The Morgan fingerprint density at radius 1 is 1.21 bits per heavy atom. The number of halogens is 1. The van der Waals surface area contributed by atoms with E-state index in [4.69, 9.17) is 9.47 Å². The quantitative estimate of drug-likeness (QED) is 0.340. The Morgan fingerprint density at radius 3 is 2.38 bits per heavy atom. The zero-order valence-corrected chi connectivity index (χ0v) is 22.0. The molecule has 0 aliphatic rings. The summed E-state index contributed by atoms with van der Waals surface area (Å²) in [5, 5.41) is 40.0. The molecule has 180 valence electrons. The van der Waals surface area contributed by atoms with Crippen molar-refractivity contribution in [1.29, 1.82) is 0 Å². The van der Waals surface area contributed by atoms with E-state index in [1.807, 2.05) is 13.8 Å². The van der Waals surface area contributed by atoms with Gasteiger partial charge in [-0.1, -0.05) is 38.1 Å². The van der Waals surface area contributed by atoms with Crippen molar-refractivity contribution in [3.63, 3.8) is 0 Å². The fourth-order valence-corrected chi connectivity index (χ4v) is 3.54. The second kappa shape index (κ2) is 14.5. The fourth-order valence-electron chi connectivity index (χ4n) is 3.54. The van der Waals surface area contributed by atoms with Crippen LogP contribution < -0.4 is 44.1 Å². The van der Waals surface area contributed by atoms with Crippen molar-refractivity contribution in [3.8, 4) is 22.6 Å². The van der Waals surface area contributed by atoms with Crippen LogP contribution in [0.5, 0.6) is 11.5 Å². The van der Waals surface area contributed by atoms with Gasteiger partial charge in [-0.25, -0.2) is 4.39 Å². The molecule has 2 aromatic rings. The molecule has 2 rings (SSSR count). The van der Waals surface area contributed by atoms with Gasteiger partial charge in [0.1, 0.15) is 12.4 Å². The van der Waals surface area contributed by atoms with Crippen LogP contribution in [0, 0.1) is 5.82 Å². The number of ether oxygens (including phenoxy) is 2. The summed E-state index contributed by atoms with van der Waals surface area (Å²) in [5.41, 5.74) is 2.80. The molecule has 0 saturated heterocycles. The Kier molecular flexibility index (Phi) is 12.8. The molecular formula is C25H30FNaO7. The molecule has 0 saturated carbocycles. The molecule has 0 amide bonds. The first-order valence-corrected chi connectivity index (χ1v) is 10.7. The van der Waals surface area contributed by atoms with Crippen LogP contribution in [0.4, 0.5) is 4.39 Å². The number of hydrogen-bond donors (Lipinski definition) is 3. The predicted molar refractivity (Wildman–Crippen MR) is 120 cm³/mol. The van der Waals surface area contributed by atoms with Crippen LogP contribution in [0.25, 0.3) is 17.2 Å². The molecule has 0 bridgehead atoms. The molecule has 7 nitrogen and oxygen atoms in total. The summed E-state index contributed by atoms with van der Waals surface area (Å²) in [5.74, 6) is -0.985. The standard InChI is InChI=1S/C25H31FO7.Na/c1-15(2)21-14-22(33-11-10-27)25(32-3)24(16-4-6-17(26)7-5-16)20(21)9-8-18(28)12-19(29)13-23(30)31;/h4-9,14-15,18-19,27-29H,10-13H2,1-3H3,(H,30,31);/q;+1/p-1/b9-8+;. The normalized spacial score (nSPS) is 12.9. The van der Waals surface area contributed by atoms with Crippen molar-refractivity contribution in [3.05, 3.63) is 53.4 Å². The van der Waals surface area contributed by atoms with Crippen LogP contribution in [0.3, 0.4) is 0 Å². The number of methoxy groups -OCH3 is 1. The van der Waals surface area contributed by atoms with Crippen molar-refractivity contribution < 1.29 is 68.6 Å². The maximum Gasteiger partial charge on any atom is 1.00 e. The van der Waals surface area contributed by atoms with Crippen LogP contribution in [0.2, 0.25) is 0 Å². The third-order valence-corrected chi connectivity index (χ3v) is 5.03. The molecule has 0 fully saturated rings. The number of carbonyl (C=O) groups excluding carboxylic acids is 1. The Morgan fingerprint density at radius 2 is 1.85 bits per heavy atom. The molecule has 34 heavy (non-hydrogen) atoms. The molecule has 0 spiro atoms. The minimum atomic E-state index is -1.40. The Hall–Kier alpha value is -1.94. The van der Waals surface area contributed by atoms with Gasteiger partial charge in [-0.15, -0.1) is 0 Å². The summed E-state index contributed by atoms with van der Waals surface area (Å²) in [6.45, 7) is 3.82. The van der Waals surface area contributed by atoms with Gasteiger partial charge in [0, 0.05) is 24.4 Å². The fraction of sp³-hybridized carbons (Fsp3) is 0.400. The number of carboxylic acid groups (broad SMARTS) is 1. The van der Waals surface area contributed by atoms with Crippen molar-refractivity contribution >= 4 is 12.0 Å². The first-order chi connectivity index (χ1) is 15.7. The molecule has 0 aromatic heterocycles. The smallest absolute Gasteiger partial charge is 0.550 e. The molecular weight excluding hydrogens is 454 g/mol. The summed E-state index contributed by atoms with van der Waals surface area (Å²) in [6.07, 6.45) is 0.00958. The van der Waals surface area contributed by atoms with E-state index in [1.54, 1.807) is 24.3 Å². The average Bonchev–Trinajstić information content (AvgIpc) is 2.75. The number of aliphatic hydroxyl groups is 3. The van der Waals surface area contributed by atoms with E-state index in [2.05, 4.69) is 0 Å². The number of benzene rings is 2. The minimum absolute atomic E-state index is 0. The summed E-state index contributed by atoms with van der Waals surface area (Å²) in [6, 6.07) is 7.64. The van der Waals surface area contributed by atoms with Crippen LogP contribution in [-0.4, -0.2) is 53.8 Å². The van der Waals surface area contributed by atoms with Crippen molar-refractivity contribution in [2.24, 2.45) is 0 Å². The van der Waals surface area contributed by atoms with Crippen LogP contribution in [0.15, 0.2) is 36.4 Å². The van der Waals surface area contributed by atoms with E-state index >= 15 is 0 Å². The average molecular weight is 484 g/mol. The van der Waals surface area contributed by atoms with Crippen LogP contribution in [-0.2, 0) is 4.79 Å². The van der Waals surface area contributed by atoms with Gasteiger partial charge in [-0.3, -0.25) is 0 Å². The van der Waals surface area contributed by atoms with E-state index in [0.29, 0.717) is 28.2 Å². The number of rotatable bonds is 12. The number of carboxylic acids is 1. The topological polar surface area (TPSA) is 119 Å². The molecule has 2 aromatic carbocycles. The van der Waals surface area contributed by atoms with Crippen molar-refractivity contribution in [2.45, 2.75) is 44.8 Å². The minimum Gasteiger partial charge on any atom is -0.550 e. The molecule has 0 radical (unpaired) electrons. The Balaban J connectivity index is 0.00000578. The largest absolute Gasteiger partial charge is 1.00 e. The van der Waals surface area contributed by atoms with Crippen molar-refractivity contribution in [1.82, 2.24) is 0 Å². The number of aliphatic hydroxyl groups excluding tert-OH is 3. The predicted octanol–water partition coefficient (Wildman–Crippen LogP) is -0.735. The van der Waals surface area contributed by atoms with Crippen LogP contribution >= 0.6 is 0 Å². The maximum absolute atomic E-state index is 13.6. The molecule has 2 unspecified atom stereocenters. The summed E-state index contributed by atoms with van der Waals surface area (Å²) in [7, 11) is 1.47. The summed E-state index contributed by atoms with van der Waals surface area (Å²) >= 11 is 0. The van der Waals surface area contributed by atoms with Crippen LogP contribution in [0.1, 0.15) is 43.7 Å². The van der Waals surface area contributed by atoms with E-state index in [9.17, 15) is 29.6 Å². The van der Waals surface area contributed by atoms with Gasteiger partial charge in [-0.05, 0) is 40.8 Å². The SMILES string of the molecule is COc1c(OCCO)cc(C(C)C)c(/C=C/C(O)CC(O)CC(=O)[O-])c1-c1ccc(F)cc1.[Na+]. The second-order valence-electron chi connectivity index (χ2n) is 7.91. The number of hydrogen-bond acceptors (Lipinski definition) is 7. The van der Waals surface area contributed by atoms with Crippen molar-refractivity contribution in [2.75, 3.05) is 20.3 Å². The van der Waals surface area contributed by atoms with E-state index in [0.717, 1.165) is 5.56 Å².